The van der Waals surface area contributed by atoms with E-state index in [-0.39, 0.29) is 17.9 Å². The number of fused-ring (bicyclic) bond motifs is 1. The molecule has 32 heavy (non-hydrogen) atoms. The van der Waals surface area contributed by atoms with Crippen LogP contribution in [0.15, 0.2) is 54.6 Å². The standard InChI is InChI=1S/C25H31NO6/c1-15(27)26-20-21(28)22-19(14-29-23(32-22)16-8-6-5-7-9-16)31-24(20)30-18-12-10-17(11-13-18)25(2,3)4/h5-13,19-24,28H,14H2,1-4H3,(H,26,27)/t19-,20-,21-,22-,23?,24-/m1/s1. The van der Waals surface area contributed by atoms with E-state index in [1.165, 1.54) is 12.5 Å². The van der Waals surface area contributed by atoms with Gasteiger partial charge in [-0.15, -0.1) is 0 Å². The Morgan fingerprint density at radius 2 is 1.75 bits per heavy atom. The Morgan fingerprint density at radius 1 is 1.06 bits per heavy atom. The first-order chi connectivity index (χ1) is 15.2. The molecule has 7 heteroatoms. The molecule has 6 atom stereocenters. The molecule has 7 nitrogen and oxygen atoms in total. The first-order valence-corrected chi connectivity index (χ1v) is 10.9. The molecule has 0 aliphatic carbocycles. The van der Waals surface area contributed by atoms with Crippen molar-refractivity contribution in [3.63, 3.8) is 0 Å². The number of amides is 1. The molecule has 0 radical (unpaired) electrons. The summed E-state index contributed by atoms with van der Waals surface area (Å²) in [6, 6.07) is 16.5. The maximum Gasteiger partial charge on any atom is 0.223 e. The lowest BCUT2D eigenvalue weighted by Gasteiger charge is -2.47. The van der Waals surface area contributed by atoms with Crippen LogP contribution in [0.3, 0.4) is 0 Å². The molecule has 2 heterocycles. The summed E-state index contributed by atoms with van der Waals surface area (Å²) in [6.07, 6.45) is -3.75. The summed E-state index contributed by atoms with van der Waals surface area (Å²) in [5, 5.41) is 13.9. The quantitative estimate of drug-likeness (QED) is 0.759. The van der Waals surface area contributed by atoms with Crippen molar-refractivity contribution in [1.82, 2.24) is 5.32 Å². The van der Waals surface area contributed by atoms with Crippen molar-refractivity contribution in [2.24, 2.45) is 0 Å². The Hall–Kier alpha value is -2.45. The predicted molar refractivity (Wildman–Crippen MR) is 118 cm³/mol. The minimum atomic E-state index is -1.04. The van der Waals surface area contributed by atoms with Crippen LogP contribution in [-0.2, 0) is 24.4 Å². The Labute approximate surface area is 188 Å². The van der Waals surface area contributed by atoms with Gasteiger partial charge < -0.3 is 29.4 Å². The summed E-state index contributed by atoms with van der Waals surface area (Å²) in [5.41, 5.74) is 2.05. The molecule has 0 saturated carbocycles. The van der Waals surface area contributed by atoms with Crippen molar-refractivity contribution >= 4 is 5.91 Å². The molecular formula is C25H31NO6. The molecule has 1 unspecified atom stereocenters. The highest BCUT2D eigenvalue weighted by Crippen LogP contribution is 2.35. The fourth-order valence-corrected chi connectivity index (χ4v) is 4.03. The van der Waals surface area contributed by atoms with Gasteiger partial charge in [-0.2, -0.15) is 0 Å². The molecule has 4 rings (SSSR count). The third-order valence-electron chi connectivity index (χ3n) is 5.78. The molecular weight excluding hydrogens is 410 g/mol. The summed E-state index contributed by atoms with van der Waals surface area (Å²) in [7, 11) is 0. The minimum absolute atomic E-state index is 0.0219. The van der Waals surface area contributed by atoms with Crippen LogP contribution in [0, 0.1) is 0 Å². The summed E-state index contributed by atoms with van der Waals surface area (Å²) in [5.74, 6) is 0.295. The van der Waals surface area contributed by atoms with Gasteiger partial charge in [0.2, 0.25) is 12.2 Å². The van der Waals surface area contributed by atoms with Crippen LogP contribution in [0.5, 0.6) is 5.75 Å². The molecule has 2 aliphatic rings. The molecule has 2 aromatic carbocycles. The van der Waals surface area contributed by atoms with Gasteiger partial charge in [0.1, 0.15) is 30.1 Å². The number of carbonyl (C=O) groups is 1. The van der Waals surface area contributed by atoms with Crippen molar-refractivity contribution in [3.8, 4) is 5.75 Å². The number of rotatable bonds is 4. The highest BCUT2D eigenvalue weighted by Gasteiger charge is 2.50. The lowest BCUT2D eigenvalue weighted by atomic mass is 9.87. The predicted octanol–water partition coefficient (Wildman–Crippen LogP) is 3.07. The van der Waals surface area contributed by atoms with Crippen LogP contribution in [0.2, 0.25) is 0 Å². The van der Waals surface area contributed by atoms with Gasteiger partial charge in [0, 0.05) is 12.5 Å². The SMILES string of the molecule is CC(=O)N[C@H]1[C@H](Oc2ccc(C(C)(C)C)cc2)O[C@@H]2COC(c3ccccc3)O[C@H]2[C@@H]1O. The first kappa shape index (κ1) is 22.7. The number of hydrogen-bond acceptors (Lipinski definition) is 6. The molecule has 0 spiro atoms. The molecule has 2 N–H and O–H groups in total. The summed E-state index contributed by atoms with van der Waals surface area (Å²) in [6.45, 7) is 8.05. The van der Waals surface area contributed by atoms with Gasteiger partial charge in [0.25, 0.3) is 0 Å². The highest BCUT2D eigenvalue weighted by atomic mass is 16.7. The zero-order valence-corrected chi connectivity index (χ0v) is 18.9. The van der Waals surface area contributed by atoms with E-state index in [2.05, 4.69) is 26.1 Å². The Balaban J connectivity index is 1.51. The molecule has 0 aromatic heterocycles. The fraction of sp³-hybridized carbons (Fsp3) is 0.480. The van der Waals surface area contributed by atoms with E-state index < -0.39 is 36.9 Å². The van der Waals surface area contributed by atoms with Gasteiger partial charge in [-0.05, 0) is 23.1 Å². The van der Waals surface area contributed by atoms with E-state index in [0.29, 0.717) is 5.75 Å². The van der Waals surface area contributed by atoms with Crippen LogP contribution in [-0.4, -0.2) is 48.3 Å². The zero-order chi connectivity index (χ0) is 22.9. The van der Waals surface area contributed by atoms with E-state index in [9.17, 15) is 9.90 Å². The highest BCUT2D eigenvalue weighted by molar-refractivity contribution is 5.73. The number of ether oxygens (including phenoxy) is 4. The fourth-order valence-electron chi connectivity index (χ4n) is 4.03. The lowest BCUT2D eigenvalue weighted by molar-refractivity contribution is -0.333. The molecule has 0 bridgehead atoms. The van der Waals surface area contributed by atoms with Gasteiger partial charge in [-0.1, -0.05) is 63.2 Å². The molecule has 2 saturated heterocycles. The monoisotopic (exact) mass is 441 g/mol. The molecule has 2 aromatic rings. The number of hydrogen-bond donors (Lipinski definition) is 2. The molecule has 2 fully saturated rings. The van der Waals surface area contributed by atoms with E-state index in [4.69, 9.17) is 18.9 Å². The average molecular weight is 442 g/mol. The van der Waals surface area contributed by atoms with Gasteiger partial charge >= 0.3 is 0 Å². The maximum absolute atomic E-state index is 11.9. The number of carbonyl (C=O) groups excluding carboxylic acids is 1. The van der Waals surface area contributed by atoms with Crippen molar-refractivity contribution < 1.29 is 28.8 Å². The largest absolute Gasteiger partial charge is 0.463 e. The van der Waals surface area contributed by atoms with E-state index >= 15 is 0 Å². The van der Waals surface area contributed by atoms with Gasteiger partial charge in [0.05, 0.1) is 6.61 Å². The smallest absolute Gasteiger partial charge is 0.223 e. The van der Waals surface area contributed by atoms with Crippen LogP contribution in [0.1, 0.15) is 45.1 Å². The van der Waals surface area contributed by atoms with E-state index in [1.807, 2.05) is 54.6 Å². The first-order valence-electron chi connectivity index (χ1n) is 10.9. The maximum atomic E-state index is 11.9. The van der Waals surface area contributed by atoms with Crippen molar-refractivity contribution in [1.29, 1.82) is 0 Å². The third-order valence-corrected chi connectivity index (χ3v) is 5.78. The summed E-state index contributed by atoms with van der Waals surface area (Å²) < 4.78 is 24.1. The molecule has 172 valence electrons. The number of aliphatic hydroxyl groups is 1. The topological polar surface area (TPSA) is 86.3 Å². The Kier molecular flexibility index (Phi) is 6.53. The summed E-state index contributed by atoms with van der Waals surface area (Å²) >= 11 is 0. The van der Waals surface area contributed by atoms with E-state index in [0.717, 1.165) is 5.56 Å². The second-order valence-corrected chi connectivity index (χ2v) is 9.33. The van der Waals surface area contributed by atoms with Crippen LogP contribution in [0.25, 0.3) is 0 Å². The normalized spacial score (nSPS) is 30.3. The summed E-state index contributed by atoms with van der Waals surface area (Å²) in [4.78, 5) is 11.9. The van der Waals surface area contributed by atoms with Crippen molar-refractivity contribution in [3.05, 3.63) is 65.7 Å². The minimum Gasteiger partial charge on any atom is -0.463 e. The zero-order valence-electron chi connectivity index (χ0n) is 18.9. The van der Waals surface area contributed by atoms with Gasteiger partial charge in [0.15, 0.2) is 6.29 Å². The second kappa shape index (κ2) is 9.19. The molecule has 1 amide bonds. The number of benzene rings is 2. The van der Waals surface area contributed by atoms with Crippen LogP contribution < -0.4 is 10.1 Å². The van der Waals surface area contributed by atoms with Crippen molar-refractivity contribution in [2.75, 3.05) is 6.61 Å². The number of aliphatic hydroxyl groups excluding tert-OH is 1. The second-order valence-electron chi connectivity index (χ2n) is 9.33. The molecule has 2 aliphatic heterocycles. The third kappa shape index (κ3) is 4.96. The average Bonchev–Trinajstić information content (AvgIpc) is 2.76. The van der Waals surface area contributed by atoms with Gasteiger partial charge in [-0.25, -0.2) is 0 Å². The van der Waals surface area contributed by atoms with Gasteiger partial charge in [-0.3, -0.25) is 4.79 Å². The van der Waals surface area contributed by atoms with Crippen molar-refractivity contribution in [2.45, 2.75) is 70.0 Å². The van der Waals surface area contributed by atoms with Crippen LogP contribution in [0.4, 0.5) is 0 Å². The van der Waals surface area contributed by atoms with Crippen LogP contribution >= 0.6 is 0 Å². The number of nitrogens with one attached hydrogen (secondary N) is 1. The Bertz CT molecular complexity index is 910. The Morgan fingerprint density at radius 3 is 2.38 bits per heavy atom. The lowest BCUT2D eigenvalue weighted by Crippen LogP contribution is -2.67. The van der Waals surface area contributed by atoms with E-state index in [1.54, 1.807) is 0 Å².